The van der Waals surface area contributed by atoms with E-state index in [1.807, 2.05) is 6.92 Å². The fraction of sp³-hybridized carbons (Fsp3) is 0.188. The van der Waals surface area contributed by atoms with Crippen molar-refractivity contribution < 1.29 is 13.7 Å². The molecule has 1 amide bonds. The van der Waals surface area contributed by atoms with Crippen molar-refractivity contribution in [2.75, 3.05) is 7.05 Å². The first-order valence-corrected chi connectivity index (χ1v) is 7.05. The summed E-state index contributed by atoms with van der Waals surface area (Å²) in [6.45, 7) is 1.85. The molecule has 1 atom stereocenters. The van der Waals surface area contributed by atoms with Crippen LogP contribution in [0.15, 0.2) is 47.2 Å². The number of hydrogen-bond donors (Lipinski definition) is 1. The summed E-state index contributed by atoms with van der Waals surface area (Å²) < 4.78 is 17.8. The molecule has 2 heterocycles. The number of aromatic amines is 1. The molecule has 0 aliphatic heterocycles. The maximum atomic E-state index is 13.0. The van der Waals surface area contributed by atoms with Crippen molar-refractivity contribution >= 4 is 5.91 Å². The molecule has 0 aliphatic carbocycles. The van der Waals surface area contributed by atoms with Gasteiger partial charge < -0.3 is 9.42 Å². The van der Waals surface area contributed by atoms with Crippen molar-refractivity contribution in [3.8, 4) is 11.3 Å². The summed E-state index contributed by atoms with van der Waals surface area (Å²) in [5.41, 5.74) is 2.33. The highest BCUT2D eigenvalue weighted by Crippen LogP contribution is 2.21. The predicted octanol–water partition coefficient (Wildman–Crippen LogP) is 3.04. The van der Waals surface area contributed by atoms with Gasteiger partial charge in [-0.25, -0.2) is 4.39 Å². The van der Waals surface area contributed by atoms with Crippen molar-refractivity contribution in [3.05, 3.63) is 59.9 Å². The SMILES string of the molecule is C[C@@H](c1ccon1)N(C)C(=O)c1cc(-c2ccc(F)cc2)n[nH]1. The Bertz CT molecular complexity index is 796. The lowest BCUT2D eigenvalue weighted by Crippen LogP contribution is -2.30. The molecule has 0 spiro atoms. The normalized spacial score (nSPS) is 12.1. The highest BCUT2D eigenvalue weighted by Gasteiger charge is 2.22. The third-order valence-corrected chi connectivity index (χ3v) is 3.74. The molecule has 23 heavy (non-hydrogen) atoms. The van der Waals surface area contributed by atoms with Crippen LogP contribution in [0, 0.1) is 5.82 Å². The molecular formula is C16H15FN4O2. The van der Waals surface area contributed by atoms with Gasteiger partial charge in [-0.3, -0.25) is 9.89 Å². The van der Waals surface area contributed by atoms with Gasteiger partial charge in [0, 0.05) is 18.7 Å². The maximum Gasteiger partial charge on any atom is 0.272 e. The lowest BCUT2D eigenvalue weighted by molar-refractivity contribution is 0.0731. The molecule has 6 nitrogen and oxygen atoms in total. The Labute approximate surface area is 131 Å². The summed E-state index contributed by atoms with van der Waals surface area (Å²) in [5, 5.41) is 10.7. The molecule has 1 N–H and O–H groups in total. The first kappa shape index (κ1) is 15.0. The zero-order chi connectivity index (χ0) is 16.4. The molecule has 2 aromatic heterocycles. The fourth-order valence-corrected chi connectivity index (χ4v) is 2.20. The van der Waals surface area contributed by atoms with Gasteiger partial charge in [0.25, 0.3) is 5.91 Å². The van der Waals surface area contributed by atoms with Crippen LogP contribution in [0.3, 0.4) is 0 Å². The number of benzene rings is 1. The van der Waals surface area contributed by atoms with E-state index in [1.165, 1.54) is 18.4 Å². The van der Waals surface area contributed by atoms with Gasteiger partial charge in [-0.15, -0.1) is 0 Å². The average molecular weight is 314 g/mol. The van der Waals surface area contributed by atoms with Gasteiger partial charge in [-0.05, 0) is 37.3 Å². The Hall–Kier alpha value is -2.96. The smallest absolute Gasteiger partial charge is 0.272 e. The molecular weight excluding hydrogens is 299 g/mol. The predicted molar refractivity (Wildman–Crippen MR) is 81.0 cm³/mol. The number of hydrogen-bond acceptors (Lipinski definition) is 4. The van der Waals surface area contributed by atoms with Crippen LogP contribution < -0.4 is 0 Å². The van der Waals surface area contributed by atoms with Gasteiger partial charge in [-0.2, -0.15) is 5.10 Å². The topological polar surface area (TPSA) is 75.0 Å². The van der Waals surface area contributed by atoms with E-state index >= 15 is 0 Å². The monoisotopic (exact) mass is 314 g/mol. The van der Waals surface area contributed by atoms with Crippen LogP contribution in [0.25, 0.3) is 11.3 Å². The molecule has 0 saturated carbocycles. The number of aromatic nitrogens is 3. The van der Waals surface area contributed by atoms with E-state index in [2.05, 4.69) is 15.4 Å². The minimum atomic E-state index is -0.318. The van der Waals surface area contributed by atoms with E-state index in [1.54, 1.807) is 36.2 Å². The first-order valence-electron chi connectivity index (χ1n) is 7.05. The van der Waals surface area contributed by atoms with Gasteiger partial charge in [0.05, 0.1) is 11.7 Å². The molecule has 0 aliphatic rings. The summed E-state index contributed by atoms with van der Waals surface area (Å²) >= 11 is 0. The van der Waals surface area contributed by atoms with Crippen molar-refractivity contribution in [2.45, 2.75) is 13.0 Å². The summed E-state index contributed by atoms with van der Waals surface area (Å²) in [7, 11) is 1.68. The molecule has 7 heteroatoms. The van der Waals surface area contributed by atoms with Crippen LogP contribution in [0.5, 0.6) is 0 Å². The van der Waals surface area contributed by atoms with Gasteiger partial charge in [0.15, 0.2) is 0 Å². The minimum absolute atomic E-state index is 0.221. The quantitative estimate of drug-likeness (QED) is 0.803. The lowest BCUT2D eigenvalue weighted by Gasteiger charge is -2.22. The Morgan fingerprint density at radius 2 is 2.04 bits per heavy atom. The Kier molecular flexibility index (Phi) is 3.92. The standard InChI is InChI=1S/C16H15FN4O2/c1-10(13-7-8-23-20-13)21(2)16(22)15-9-14(18-19-15)11-3-5-12(17)6-4-11/h3-10H,1-2H3,(H,18,19)/t10-/m0/s1. The van der Waals surface area contributed by atoms with Gasteiger partial charge in [0.1, 0.15) is 23.5 Å². The zero-order valence-electron chi connectivity index (χ0n) is 12.7. The number of carbonyl (C=O) groups excluding carboxylic acids is 1. The molecule has 0 saturated heterocycles. The number of rotatable bonds is 4. The molecule has 3 rings (SSSR count). The van der Waals surface area contributed by atoms with Crippen LogP contribution >= 0.6 is 0 Å². The van der Waals surface area contributed by atoms with E-state index in [0.717, 1.165) is 5.56 Å². The second-order valence-corrected chi connectivity index (χ2v) is 5.19. The van der Waals surface area contributed by atoms with E-state index < -0.39 is 0 Å². The van der Waals surface area contributed by atoms with E-state index in [4.69, 9.17) is 4.52 Å². The summed E-state index contributed by atoms with van der Waals surface area (Å²) in [5.74, 6) is -0.539. The second kappa shape index (κ2) is 6.04. The minimum Gasteiger partial charge on any atom is -0.364 e. The number of carbonyl (C=O) groups is 1. The van der Waals surface area contributed by atoms with Gasteiger partial charge in [-0.1, -0.05) is 5.16 Å². The van der Waals surface area contributed by atoms with Crippen LogP contribution in [0.1, 0.15) is 29.1 Å². The Balaban J connectivity index is 1.79. The molecule has 0 radical (unpaired) electrons. The summed E-state index contributed by atoms with van der Waals surface area (Å²) in [6, 6.07) is 9.05. The molecule has 3 aromatic rings. The van der Waals surface area contributed by atoms with Crippen molar-refractivity contribution in [1.82, 2.24) is 20.3 Å². The average Bonchev–Trinajstić information content (AvgIpc) is 3.25. The first-order chi connectivity index (χ1) is 11.1. The lowest BCUT2D eigenvalue weighted by atomic mass is 10.1. The second-order valence-electron chi connectivity index (χ2n) is 5.19. The van der Waals surface area contributed by atoms with Crippen LogP contribution in [-0.4, -0.2) is 33.2 Å². The molecule has 0 bridgehead atoms. The zero-order valence-corrected chi connectivity index (χ0v) is 12.7. The van der Waals surface area contributed by atoms with Crippen molar-refractivity contribution in [3.63, 3.8) is 0 Å². The largest absolute Gasteiger partial charge is 0.364 e. The number of halogens is 1. The van der Waals surface area contributed by atoms with E-state index in [0.29, 0.717) is 17.1 Å². The van der Waals surface area contributed by atoms with Crippen molar-refractivity contribution in [1.29, 1.82) is 0 Å². The molecule has 0 fully saturated rings. The van der Waals surface area contributed by atoms with Crippen LogP contribution in [0.2, 0.25) is 0 Å². The van der Waals surface area contributed by atoms with Crippen LogP contribution in [-0.2, 0) is 0 Å². The highest BCUT2D eigenvalue weighted by molar-refractivity contribution is 5.93. The molecule has 0 unspecified atom stereocenters. The van der Waals surface area contributed by atoms with E-state index in [9.17, 15) is 9.18 Å². The maximum absolute atomic E-state index is 13.0. The van der Waals surface area contributed by atoms with Gasteiger partial charge >= 0.3 is 0 Å². The third-order valence-electron chi connectivity index (χ3n) is 3.74. The summed E-state index contributed by atoms with van der Waals surface area (Å²) in [4.78, 5) is 14.1. The highest BCUT2D eigenvalue weighted by atomic mass is 19.1. The van der Waals surface area contributed by atoms with E-state index in [-0.39, 0.29) is 17.8 Å². The van der Waals surface area contributed by atoms with Gasteiger partial charge in [0.2, 0.25) is 0 Å². The molecule has 118 valence electrons. The molecule has 1 aromatic carbocycles. The third kappa shape index (κ3) is 2.98. The summed E-state index contributed by atoms with van der Waals surface area (Å²) in [6.07, 6.45) is 1.47. The number of nitrogens with zero attached hydrogens (tertiary/aromatic N) is 3. The fourth-order valence-electron chi connectivity index (χ4n) is 2.20. The Morgan fingerprint density at radius 1 is 1.30 bits per heavy atom. The number of amides is 1. The number of H-pyrrole nitrogens is 1. The number of nitrogens with one attached hydrogen (secondary N) is 1. The van der Waals surface area contributed by atoms with Crippen molar-refractivity contribution in [2.24, 2.45) is 0 Å². The Morgan fingerprint density at radius 3 is 2.70 bits per heavy atom. The van der Waals surface area contributed by atoms with Crippen LogP contribution in [0.4, 0.5) is 4.39 Å².